The SMILES string of the molecule is COC(=O)c1ccc(Cl)c(N)c1NCCCCl. The Kier molecular flexibility index (Phi) is 5.38. The Labute approximate surface area is 110 Å². The third-order valence-electron chi connectivity index (χ3n) is 2.21. The van der Waals surface area contributed by atoms with Gasteiger partial charge in [-0.05, 0) is 18.6 Å². The molecule has 0 aliphatic carbocycles. The number of esters is 1. The highest BCUT2D eigenvalue weighted by atomic mass is 35.5. The zero-order chi connectivity index (χ0) is 12.8. The van der Waals surface area contributed by atoms with Gasteiger partial charge >= 0.3 is 5.97 Å². The standard InChI is InChI=1S/C11H14Cl2N2O2/c1-17-11(16)7-3-4-8(13)9(14)10(7)15-6-2-5-12/h3-4,15H,2,5-6,14H2,1H3. The first-order chi connectivity index (χ1) is 8.11. The number of nitrogens with two attached hydrogens (primary N) is 1. The number of alkyl halides is 1. The van der Waals surface area contributed by atoms with E-state index in [1.54, 1.807) is 12.1 Å². The molecule has 0 spiro atoms. The Hall–Kier alpha value is -1.13. The van der Waals surface area contributed by atoms with Crippen molar-refractivity contribution in [3.8, 4) is 0 Å². The molecule has 0 aliphatic rings. The van der Waals surface area contributed by atoms with Crippen LogP contribution in [0.2, 0.25) is 5.02 Å². The molecule has 1 rings (SSSR count). The molecule has 17 heavy (non-hydrogen) atoms. The first-order valence-corrected chi connectivity index (χ1v) is 5.99. The summed E-state index contributed by atoms with van der Waals surface area (Å²) in [6, 6.07) is 3.14. The average Bonchev–Trinajstić information content (AvgIpc) is 2.34. The predicted molar refractivity (Wildman–Crippen MR) is 71.0 cm³/mol. The van der Waals surface area contributed by atoms with Gasteiger partial charge in [0.05, 0.1) is 29.1 Å². The highest BCUT2D eigenvalue weighted by Gasteiger charge is 2.16. The van der Waals surface area contributed by atoms with Gasteiger partial charge in [-0.15, -0.1) is 11.6 Å². The zero-order valence-corrected chi connectivity index (χ0v) is 10.9. The minimum atomic E-state index is -0.457. The van der Waals surface area contributed by atoms with Crippen LogP contribution in [0.5, 0.6) is 0 Å². The quantitative estimate of drug-likeness (QED) is 0.376. The van der Waals surface area contributed by atoms with Crippen LogP contribution in [0.4, 0.5) is 11.4 Å². The van der Waals surface area contributed by atoms with E-state index in [1.165, 1.54) is 7.11 Å². The normalized spacial score (nSPS) is 10.1. The topological polar surface area (TPSA) is 64.3 Å². The molecule has 94 valence electrons. The second-order valence-corrected chi connectivity index (χ2v) is 4.13. The van der Waals surface area contributed by atoms with E-state index in [0.717, 1.165) is 6.42 Å². The van der Waals surface area contributed by atoms with Crippen LogP contribution < -0.4 is 11.1 Å². The number of carbonyl (C=O) groups is 1. The smallest absolute Gasteiger partial charge is 0.340 e. The second kappa shape index (κ2) is 6.57. The average molecular weight is 277 g/mol. The molecule has 0 bridgehead atoms. The summed E-state index contributed by atoms with van der Waals surface area (Å²) < 4.78 is 4.67. The van der Waals surface area contributed by atoms with E-state index in [1.807, 2.05) is 0 Å². The van der Waals surface area contributed by atoms with Crippen LogP contribution in [0.15, 0.2) is 12.1 Å². The van der Waals surface area contributed by atoms with E-state index >= 15 is 0 Å². The summed E-state index contributed by atoms with van der Waals surface area (Å²) in [6.07, 6.45) is 0.758. The van der Waals surface area contributed by atoms with Gasteiger partial charge in [-0.25, -0.2) is 4.79 Å². The Morgan fingerprint density at radius 2 is 2.24 bits per heavy atom. The van der Waals surface area contributed by atoms with Crippen molar-refractivity contribution in [2.75, 3.05) is 30.6 Å². The molecule has 0 unspecified atom stereocenters. The Morgan fingerprint density at radius 1 is 1.53 bits per heavy atom. The zero-order valence-electron chi connectivity index (χ0n) is 9.43. The molecule has 0 fully saturated rings. The van der Waals surface area contributed by atoms with Crippen molar-refractivity contribution < 1.29 is 9.53 Å². The van der Waals surface area contributed by atoms with Crippen LogP contribution >= 0.6 is 23.2 Å². The Balaban J connectivity index is 3.03. The van der Waals surface area contributed by atoms with Crippen LogP contribution in [0.3, 0.4) is 0 Å². The van der Waals surface area contributed by atoms with Crippen LogP contribution in [-0.2, 0) is 4.74 Å². The molecule has 1 aromatic carbocycles. The third kappa shape index (κ3) is 3.41. The molecule has 1 aromatic rings. The van der Waals surface area contributed by atoms with E-state index in [0.29, 0.717) is 34.4 Å². The summed E-state index contributed by atoms with van der Waals surface area (Å²) in [7, 11) is 1.32. The number of ether oxygens (including phenoxy) is 1. The number of halogens is 2. The largest absolute Gasteiger partial charge is 0.465 e. The third-order valence-corrected chi connectivity index (χ3v) is 2.81. The number of nitrogens with one attached hydrogen (secondary N) is 1. The Morgan fingerprint density at radius 3 is 2.82 bits per heavy atom. The maximum atomic E-state index is 11.5. The number of carbonyl (C=O) groups excluding carboxylic acids is 1. The highest BCUT2D eigenvalue weighted by molar-refractivity contribution is 6.34. The molecule has 0 aliphatic heterocycles. The molecule has 0 radical (unpaired) electrons. The number of nitrogen functional groups attached to an aromatic ring is 1. The van der Waals surface area contributed by atoms with Crippen LogP contribution in [-0.4, -0.2) is 25.5 Å². The number of benzene rings is 1. The number of anilines is 2. The molecule has 3 N–H and O–H groups in total. The maximum absolute atomic E-state index is 11.5. The summed E-state index contributed by atoms with van der Waals surface area (Å²) in [5.41, 5.74) is 7.02. The van der Waals surface area contributed by atoms with Crippen molar-refractivity contribution in [2.45, 2.75) is 6.42 Å². The first-order valence-electron chi connectivity index (χ1n) is 5.08. The van der Waals surface area contributed by atoms with E-state index in [9.17, 15) is 4.79 Å². The molecular weight excluding hydrogens is 263 g/mol. The van der Waals surface area contributed by atoms with Crippen LogP contribution in [0, 0.1) is 0 Å². The molecule has 0 saturated carbocycles. The van der Waals surface area contributed by atoms with Crippen LogP contribution in [0.25, 0.3) is 0 Å². The lowest BCUT2D eigenvalue weighted by atomic mass is 10.1. The lowest BCUT2D eigenvalue weighted by Crippen LogP contribution is -2.12. The van der Waals surface area contributed by atoms with Gasteiger partial charge in [-0.2, -0.15) is 0 Å². The predicted octanol–water partition coefficient (Wildman–Crippen LogP) is 2.75. The van der Waals surface area contributed by atoms with Gasteiger partial charge in [0.15, 0.2) is 0 Å². The van der Waals surface area contributed by atoms with E-state index in [-0.39, 0.29) is 0 Å². The summed E-state index contributed by atoms with van der Waals surface area (Å²) in [4.78, 5) is 11.5. The minimum Gasteiger partial charge on any atom is -0.465 e. The fraction of sp³-hybridized carbons (Fsp3) is 0.364. The second-order valence-electron chi connectivity index (χ2n) is 3.34. The molecular formula is C11H14Cl2N2O2. The number of hydrogen-bond donors (Lipinski definition) is 2. The summed E-state index contributed by atoms with van der Waals surface area (Å²) in [5.74, 6) is 0.0721. The monoisotopic (exact) mass is 276 g/mol. The van der Waals surface area contributed by atoms with E-state index < -0.39 is 5.97 Å². The highest BCUT2D eigenvalue weighted by Crippen LogP contribution is 2.31. The molecule has 0 amide bonds. The van der Waals surface area contributed by atoms with Gasteiger partial charge in [0.25, 0.3) is 0 Å². The number of rotatable bonds is 5. The number of hydrogen-bond acceptors (Lipinski definition) is 4. The minimum absolute atomic E-state index is 0.337. The van der Waals surface area contributed by atoms with Gasteiger partial charge in [-0.3, -0.25) is 0 Å². The van der Waals surface area contributed by atoms with E-state index in [2.05, 4.69) is 10.1 Å². The molecule has 0 heterocycles. The molecule has 0 aromatic heterocycles. The van der Waals surface area contributed by atoms with Gasteiger partial charge in [0.1, 0.15) is 0 Å². The van der Waals surface area contributed by atoms with Crippen molar-refractivity contribution in [1.82, 2.24) is 0 Å². The fourth-order valence-corrected chi connectivity index (χ4v) is 1.64. The first kappa shape index (κ1) is 13.9. The Bertz CT molecular complexity index is 411. The van der Waals surface area contributed by atoms with E-state index in [4.69, 9.17) is 28.9 Å². The van der Waals surface area contributed by atoms with Crippen molar-refractivity contribution in [2.24, 2.45) is 0 Å². The van der Waals surface area contributed by atoms with Crippen molar-refractivity contribution in [3.63, 3.8) is 0 Å². The summed E-state index contributed by atoms with van der Waals surface area (Å²) in [6.45, 7) is 0.609. The van der Waals surface area contributed by atoms with Crippen molar-refractivity contribution >= 4 is 40.5 Å². The molecule has 0 saturated heterocycles. The molecule has 6 heteroatoms. The van der Waals surface area contributed by atoms with Crippen molar-refractivity contribution in [3.05, 3.63) is 22.7 Å². The molecule has 4 nitrogen and oxygen atoms in total. The van der Waals surface area contributed by atoms with Crippen molar-refractivity contribution in [1.29, 1.82) is 0 Å². The van der Waals surface area contributed by atoms with Gasteiger partial charge in [0.2, 0.25) is 0 Å². The fourth-order valence-electron chi connectivity index (χ4n) is 1.34. The van der Waals surface area contributed by atoms with Crippen LogP contribution in [0.1, 0.15) is 16.8 Å². The maximum Gasteiger partial charge on any atom is 0.340 e. The lowest BCUT2D eigenvalue weighted by molar-refractivity contribution is 0.0602. The lowest BCUT2D eigenvalue weighted by Gasteiger charge is -2.14. The molecule has 0 atom stereocenters. The summed E-state index contributed by atoms with van der Waals surface area (Å²) >= 11 is 11.5. The van der Waals surface area contributed by atoms with Gasteiger partial charge < -0.3 is 15.8 Å². The van der Waals surface area contributed by atoms with Gasteiger partial charge in [0, 0.05) is 12.4 Å². The number of methoxy groups -OCH3 is 1. The summed E-state index contributed by atoms with van der Waals surface area (Å²) in [5, 5.41) is 3.44. The van der Waals surface area contributed by atoms with Gasteiger partial charge in [-0.1, -0.05) is 11.6 Å².